The van der Waals surface area contributed by atoms with Gasteiger partial charge in [0.25, 0.3) is 5.91 Å². The molecule has 2 nitrogen and oxygen atoms in total. The molecule has 4 heteroatoms. The lowest BCUT2D eigenvalue weighted by atomic mass is 9.86. The van der Waals surface area contributed by atoms with Crippen LogP contribution in [-0.2, 0) is 4.79 Å². The number of halogens is 2. The zero-order chi connectivity index (χ0) is 10.2. The maximum Gasteiger partial charge on any atom is 0.255 e. The van der Waals surface area contributed by atoms with Gasteiger partial charge in [-0.3, -0.25) is 4.79 Å². The molecular weight excluding hydrogens is 221 g/mol. The molecule has 0 atom stereocenters. The summed E-state index contributed by atoms with van der Waals surface area (Å²) in [7, 11) is 0. The van der Waals surface area contributed by atoms with Crippen LogP contribution in [0, 0.1) is 5.41 Å². The molecule has 0 radical (unpaired) electrons. The quantitative estimate of drug-likeness (QED) is 0.641. The Kier molecular flexibility index (Phi) is 2.94. The highest BCUT2D eigenvalue weighted by Crippen LogP contribution is 2.45. The summed E-state index contributed by atoms with van der Waals surface area (Å²) in [6, 6.07) is 0. The standard InChI is InChI=1S/C10H15Cl2NO/c11-8(12)9(14)13-6-5-10(7-13)3-1-2-4-10/h8H,1-7H2. The van der Waals surface area contributed by atoms with Crippen LogP contribution < -0.4 is 0 Å². The summed E-state index contributed by atoms with van der Waals surface area (Å²) in [5, 5.41) is 0. The number of amides is 1. The number of carbonyl (C=O) groups is 1. The molecule has 0 unspecified atom stereocenters. The van der Waals surface area contributed by atoms with Crippen molar-refractivity contribution >= 4 is 29.1 Å². The van der Waals surface area contributed by atoms with Crippen LogP contribution in [0.2, 0.25) is 0 Å². The van der Waals surface area contributed by atoms with Crippen molar-refractivity contribution in [2.24, 2.45) is 5.41 Å². The number of hydrogen-bond acceptors (Lipinski definition) is 1. The summed E-state index contributed by atoms with van der Waals surface area (Å²) >= 11 is 11.2. The van der Waals surface area contributed by atoms with Gasteiger partial charge in [-0.15, -0.1) is 0 Å². The van der Waals surface area contributed by atoms with E-state index in [0.29, 0.717) is 5.41 Å². The molecule has 1 spiro atoms. The molecule has 0 N–H and O–H groups in total. The van der Waals surface area contributed by atoms with Gasteiger partial charge in [-0.1, -0.05) is 36.0 Å². The highest BCUT2D eigenvalue weighted by atomic mass is 35.5. The summed E-state index contributed by atoms with van der Waals surface area (Å²) in [6.07, 6.45) is 6.30. The molecular formula is C10H15Cl2NO. The van der Waals surface area contributed by atoms with Crippen LogP contribution >= 0.6 is 23.2 Å². The average molecular weight is 236 g/mol. The molecule has 1 aliphatic carbocycles. The lowest BCUT2D eigenvalue weighted by Crippen LogP contribution is -2.34. The van der Waals surface area contributed by atoms with Crippen LogP contribution in [0.4, 0.5) is 0 Å². The number of carbonyl (C=O) groups excluding carboxylic acids is 1. The summed E-state index contributed by atoms with van der Waals surface area (Å²) in [5.74, 6) is -0.114. The molecule has 1 saturated carbocycles. The average Bonchev–Trinajstić information content (AvgIpc) is 2.76. The van der Waals surface area contributed by atoms with Gasteiger partial charge in [0.05, 0.1) is 0 Å². The summed E-state index contributed by atoms with van der Waals surface area (Å²) < 4.78 is 0. The fraction of sp³-hybridized carbons (Fsp3) is 0.900. The molecule has 1 aliphatic heterocycles. The van der Waals surface area contributed by atoms with Crippen molar-refractivity contribution in [2.75, 3.05) is 13.1 Å². The largest absolute Gasteiger partial charge is 0.340 e. The lowest BCUT2D eigenvalue weighted by Gasteiger charge is -2.23. The van der Waals surface area contributed by atoms with Crippen molar-refractivity contribution in [1.29, 1.82) is 0 Å². The number of hydrogen-bond donors (Lipinski definition) is 0. The van der Waals surface area contributed by atoms with E-state index in [9.17, 15) is 4.79 Å². The van der Waals surface area contributed by atoms with Gasteiger partial charge in [0.2, 0.25) is 0 Å². The third-order valence-corrected chi connectivity index (χ3v) is 3.97. The van der Waals surface area contributed by atoms with E-state index >= 15 is 0 Å². The number of alkyl halides is 2. The number of likely N-dealkylation sites (tertiary alicyclic amines) is 1. The topological polar surface area (TPSA) is 20.3 Å². The smallest absolute Gasteiger partial charge is 0.255 e. The van der Waals surface area contributed by atoms with E-state index in [-0.39, 0.29) is 5.91 Å². The molecule has 1 amide bonds. The molecule has 0 aromatic rings. The van der Waals surface area contributed by atoms with Crippen LogP contribution in [0.1, 0.15) is 32.1 Å². The molecule has 1 heterocycles. The Morgan fingerprint density at radius 2 is 1.86 bits per heavy atom. The summed E-state index contributed by atoms with van der Waals surface area (Å²) in [5.41, 5.74) is 0.415. The van der Waals surface area contributed by atoms with E-state index in [4.69, 9.17) is 23.2 Å². The zero-order valence-corrected chi connectivity index (χ0v) is 9.65. The van der Waals surface area contributed by atoms with E-state index in [0.717, 1.165) is 19.5 Å². The van der Waals surface area contributed by atoms with E-state index in [2.05, 4.69) is 0 Å². The molecule has 2 rings (SSSR count). The first-order valence-corrected chi connectivity index (χ1v) is 6.07. The second-order valence-corrected chi connectivity index (χ2v) is 5.61. The van der Waals surface area contributed by atoms with E-state index in [1.165, 1.54) is 25.7 Å². The Morgan fingerprint density at radius 3 is 2.43 bits per heavy atom. The first-order chi connectivity index (χ1) is 6.63. The Bertz CT molecular complexity index is 236. The van der Waals surface area contributed by atoms with Crippen molar-refractivity contribution in [3.8, 4) is 0 Å². The van der Waals surface area contributed by atoms with Gasteiger partial charge in [-0.2, -0.15) is 0 Å². The highest BCUT2D eigenvalue weighted by molar-refractivity contribution is 6.53. The van der Waals surface area contributed by atoms with Crippen molar-refractivity contribution in [3.05, 3.63) is 0 Å². The minimum atomic E-state index is -0.883. The highest BCUT2D eigenvalue weighted by Gasteiger charge is 2.42. The van der Waals surface area contributed by atoms with Crippen molar-refractivity contribution in [2.45, 2.75) is 36.9 Å². The van der Waals surface area contributed by atoms with Gasteiger partial charge >= 0.3 is 0 Å². The third-order valence-electron chi connectivity index (χ3n) is 3.60. The van der Waals surface area contributed by atoms with Gasteiger partial charge in [0.15, 0.2) is 4.84 Å². The second-order valence-electron chi connectivity index (χ2n) is 4.52. The third kappa shape index (κ3) is 1.87. The Labute approximate surface area is 94.5 Å². The van der Waals surface area contributed by atoms with Crippen LogP contribution in [0.25, 0.3) is 0 Å². The van der Waals surface area contributed by atoms with Crippen molar-refractivity contribution in [1.82, 2.24) is 4.90 Å². The number of nitrogens with zero attached hydrogens (tertiary/aromatic N) is 1. The van der Waals surface area contributed by atoms with Crippen LogP contribution in [0.3, 0.4) is 0 Å². The molecule has 1 saturated heterocycles. The summed E-state index contributed by atoms with van der Waals surface area (Å²) in [4.78, 5) is 12.5. The SMILES string of the molecule is O=C(C(Cl)Cl)N1CCC2(CCCC2)C1. The molecule has 0 bridgehead atoms. The van der Waals surface area contributed by atoms with Crippen molar-refractivity contribution < 1.29 is 4.79 Å². The fourth-order valence-corrected chi connectivity index (χ4v) is 3.07. The second kappa shape index (κ2) is 3.90. The normalized spacial score (nSPS) is 25.2. The maximum absolute atomic E-state index is 11.5. The van der Waals surface area contributed by atoms with Gasteiger partial charge in [-0.05, 0) is 24.7 Å². The molecule has 0 aromatic heterocycles. The van der Waals surface area contributed by atoms with Crippen molar-refractivity contribution in [3.63, 3.8) is 0 Å². The van der Waals surface area contributed by atoms with Gasteiger partial charge in [0.1, 0.15) is 0 Å². The predicted molar refractivity (Wildman–Crippen MR) is 57.6 cm³/mol. The molecule has 0 aromatic carbocycles. The first kappa shape index (κ1) is 10.6. The maximum atomic E-state index is 11.5. The molecule has 80 valence electrons. The monoisotopic (exact) mass is 235 g/mol. The van der Waals surface area contributed by atoms with Crippen LogP contribution in [-0.4, -0.2) is 28.7 Å². The minimum absolute atomic E-state index is 0.114. The number of rotatable bonds is 1. The van der Waals surface area contributed by atoms with E-state index in [1.807, 2.05) is 4.90 Å². The summed E-state index contributed by atoms with van der Waals surface area (Å²) in [6.45, 7) is 1.72. The first-order valence-electron chi connectivity index (χ1n) is 5.20. The van der Waals surface area contributed by atoms with Gasteiger partial charge in [0, 0.05) is 13.1 Å². The zero-order valence-electron chi connectivity index (χ0n) is 8.14. The van der Waals surface area contributed by atoms with Gasteiger partial charge < -0.3 is 4.90 Å². The van der Waals surface area contributed by atoms with Crippen LogP contribution in [0.5, 0.6) is 0 Å². The molecule has 14 heavy (non-hydrogen) atoms. The van der Waals surface area contributed by atoms with E-state index < -0.39 is 4.84 Å². The Morgan fingerprint density at radius 1 is 1.21 bits per heavy atom. The fourth-order valence-electron chi connectivity index (χ4n) is 2.79. The van der Waals surface area contributed by atoms with Gasteiger partial charge in [-0.25, -0.2) is 0 Å². The van der Waals surface area contributed by atoms with Crippen LogP contribution in [0.15, 0.2) is 0 Å². The Balaban J connectivity index is 1.97. The van der Waals surface area contributed by atoms with E-state index in [1.54, 1.807) is 0 Å². The molecule has 2 fully saturated rings. The predicted octanol–water partition coefficient (Wildman–Crippen LogP) is 2.58. The Hall–Kier alpha value is 0.0500. The lowest BCUT2D eigenvalue weighted by molar-refractivity contribution is -0.128. The molecule has 2 aliphatic rings. The minimum Gasteiger partial charge on any atom is -0.340 e.